The van der Waals surface area contributed by atoms with E-state index in [0.717, 1.165) is 38.8 Å². The number of hydrogen-bond acceptors (Lipinski definition) is 6. The summed E-state index contributed by atoms with van der Waals surface area (Å²) in [6.45, 7) is 4.79. The maximum atomic E-state index is 12.6. The number of carbonyl (C=O) groups excluding carboxylic acids is 3. The van der Waals surface area contributed by atoms with Gasteiger partial charge < -0.3 is 30.7 Å². The molecule has 0 saturated carbocycles. The lowest BCUT2D eigenvalue weighted by molar-refractivity contribution is -0.139. The molecule has 0 aromatic rings. The Balaban J connectivity index is 1.76. The van der Waals surface area contributed by atoms with Gasteiger partial charge in [0.1, 0.15) is 6.04 Å². The fourth-order valence-corrected chi connectivity index (χ4v) is 4.00. The maximum absolute atomic E-state index is 12.6. The lowest BCUT2D eigenvalue weighted by Crippen LogP contribution is -2.51. The Labute approximate surface area is 183 Å². The number of ether oxygens (including phenoxy) is 1. The SMILES string of the molecule is CCCOC(=O)N[C@H](CNC(=O)[C@@H]1CCCN(C(=O)CCC2CCNCC2)C1)C(=O)O. The first-order chi connectivity index (χ1) is 14.9. The summed E-state index contributed by atoms with van der Waals surface area (Å²) >= 11 is 0. The van der Waals surface area contributed by atoms with Gasteiger partial charge in [-0.3, -0.25) is 9.59 Å². The Morgan fingerprint density at radius 2 is 1.94 bits per heavy atom. The van der Waals surface area contributed by atoms with E-state index in [1.165, 1.54) is 0 Å². The molecule has 0 aliphatic carbocycles. The van der Waals surface area contributed by atoms with E-state index in [2.05, 4.69) is 16.0 Å². The van der Waals surface area contributed by atoms with Gasteiger partial charge in [0.2, 0.25) is 11.8 Å². The van der Waals surface area contributed by atoms with Crippen molar-refractivity contribution in [2.75, 3.05) is 39.3 Å². The van der Waals surface area contributed by atoms with Crippen molar-refractivity contribution in [1.82, 2.24) is 20.9 Å². The van der Waals surface area contributed by atoms with Crippen molar-refractivity contribution in [3.05, 3.63) is 0 Å². The smallest absolute Gasteiger partial charge is 0.407 e. The second-order valence-corrected chi connectivity index (χ2v) is 8.33. The molecule has 0 aromatic heterocycles. The van der Waals surface area contributed by atoms with E-state index in [1.807, 2.05) is 6.92 Å². The lowest BCUT2D eigenvalue weighted by Gasteiger charge is -2.33. The minimum Gasteiger partial charge on any atom is -0.480 e. The van der Waals surface area contributed by atoms with Gasteiger partial charge in [0.05, 0.1) is 12.5 Å². The molecule has 3 amide bonds. The van der Waals surface area contributed by atoms with Gasteiger partial charge in [0, 0.05) is 26.1 Å². The van der Waals surface area contributed by atoms with E-state index < -0.39 is 18.1 Å². The van der Waals surface area contributed by atoms with Gasteiger partial charge in [-0.15, -0.1) is 0 Å². The molecule has 2 aliphatic heterocycles. The van der Waals surface area contributed by atoms with Crippen molar-refractivity contribution in [1.29, 1.82) is 0 Å². The molecule has 0 bridgehead atoms. The first-order valence-corrected chi connectivity index (χ1v) is 11.3. The van der Waals surface area contributed by atoms with Crippen molar-refractivity contribution in [2.24, 2.45) is 11.8 Å². The molecular formula is C21H36N4O6. The third-order valence-corrected chi connectivity index (χ3v) is 5.88. The van der Waals surface area contributed by atoms with Crippen molar-refractivity contribution in [2.45, 2.75) is 57.9 Å². The van der Waals surface area contributed by atoms with Gasteiger partial charge in [-0.1, -0.05) is 6.92 Å². The molecule has 0 aromatic carbocycles. The fraction of sp³-hybridized carbons (Fsp3) is 0.810. The van der Waals surface area contributed by atoms with Gasteiger partial charge >= 0.3 is 12.1 Å². The number of carboxylic acid groups (broad SMARTS) is 1. The average molecular weight is 441 g/mol. The predicted molar refractivity (Wildman–Crippen MR) is 113 cm³/mol. The summed E-state index contributed by atoms with van der Waals surface area (Å²) in [6.07, 6.45) is 4.77. The number of carboxylic acids is 1. The first kappa shape index (κ1) is 24.9. The molecule has 0 spiro atoms. The Morgan fingerprint density at radius 1 is 1.19 bits per heavy atom. The van der Waals surface area contributed by atoms with E-state index >= 15 is 0 Å². The highest BCUT2D eigenvalue weighted by molar-refractivity contribution is 5.83. The van der Waals surface area contributed by atoms with Crippen LogP contribution in [0.1, 0.15) is 51.9 Å². The van der Waals surface area contributed by atoms with Gasteiger partial charge in [-0.05, 0) is 57.5 Å². The summed E-state index contributed by atoms with van der Waals surface area (Å²) in [7, 11) is 0. The Bertz CT molecular complexity index is 623. The molecule has 10 nitrogen and oxygen atoms in total. The van der Waals surface area contributed by atoms with Gasteiger partial charge in [0.25, 0.3) is 0 Å². The molecule has 2 aliphatic rings. The van der Waals surface area contributed by atoms with Crippen molar-refractivity contribution in [3.63, 3.8) is 0 Å². The number of aliphatic carboxylic acids is 1. The van der Waals surface area contributed by atoms with Crippen LogP contribution < -0.4 is 16.0 Å². The number of nitrogens with zero attached hydrogens (tertiary/aromatic N) is 1. The van der Waals surface area contributed by atoms with Crippen LogP contribution in [0.15, 0.2) is 0 Å². The summed E-state index contributed by atoms with van der Waals surface area (Å²) in [6, 6.07) is -1.28. The molecule has 176 valence electrons. The highest BCUT2D eigenvalue weighted by Gasteiger charge is 2.30. The number of alkyl carbamates (subject to hydrolysis) is 1. The van der Waals surface area contributed by atoms with Crippen LogP contribution in [0.4, 0.5) is 4.79 Å². The molecule has 2 saturated heterocycles. The minimum atomic E-state index is -1.28. The van der Waals surface area contributed by atoms with Crippen LogP contribution in [0.25, 0.3) is 0 Å². The van der Waals surface area contributed by atoms with Crippen LogP contribution in [0.3, 0.4) is 0 Å². The predicted octanol–water partition coefficient (Wildman–Crippen LogP) is 0.710. The monoisotopic (exact) mass is 440 g/mol. The zero-order chi connectivity index (χ0) is 22.6. The molecule has 2 rings (SSSR count). The third kappa shape index (κ3) is 8.72. The van der Waals surface area contributed by atoms with Crippen LogP contribution in [0, 0.1) is 11.8 Å². The van der Waals surface area contributed by atoms with Crippen LogP contribution in [-0.2, 0) is 19.1 Å². The second kappa shape index (κ2) is 13.1. The summed E-state index contributed by atoms with van der Waals surface area (Å²) in [4.78, 5) is 49.9. The molecule has 10 heteroatoms. The molecular weight excluding hydrogens is 404 g/mol. The van der Waals surface area contributed by atoms with Gasteiger partial charge in [-0.25, -0.2) is 9.59 Å². The Morgan fingerprint density at radius 3 is 2.61 bits per heavy atom. The zero-order valence-electron chi connectivity index (χ0n) is 18.4. The molecule has 0 radical (unpaired) electrons. The first-order valence-electron chi connectivity index (χ1n) is 11.3. The Hall–Kier alpha value is -2.36. The van der Waals surface area contributed by atoms with E-state index in [-0.39, 0.29) is 30.9 Å². The van der Waals surface area contributed by atoms with Gasteiger partial charge in [0.15, 0.2) is 0 Å². The third-order valence-electron chi connectivity index (χ3n) is 5.88. The molecule has 2 atom stereocenters. The Kier molecular flexibility index (Phi) is 10.6. The minimum absolute atomic E-state index is 0.0831. The summed E-state index contributed by atoms with van der Waals surface area (Å²) in [5, 5.41) is 17.4. The van der Waals surface area contributed by atoms with E-state index in [1.54, 1.807) is 4.90 Å². The van der Waals surface area contributed by atoms with Crippen LogP contribution in [0.2, 0.25) is 0 Å². The standard InChI is InChI=1S/C21H36N4O6/c1-2-12-31-21(30)24-17(20(28)29)13-23-19(27)16-4-3-11-25(14-16)18(26)6-5-15-7-9-22-10-8-15/h15-17,22H,2-14H2,1H3,(H,23,27)(H,24,30)(H,28,29)/t16-,17-/m1/s1. The number of amides is 3. The van der Waals surface area contributed by atoms with Crippen molar-refractivity contribution < 1.29 is 29.0 Å². The highest BCUT2D eigenvalue weighted by Crippen LogP contribution is 2.21. The number of carbonyl (C=O) groups is 4. The number of rotatable bonds is 10. The second-order valence-electron chi connectivity index (χ2n) is 8.33. The quantitative estimate of drug-likeness (QED) is 0.393. The fourth-order valence-electron chi connectivity index (χ4n) is 4.00. The maximum Gasteiger partial charge on any atom is 0.407 e. The number of hydrogen-bond donors (Lipinski definition) is 4. The molecule has 0 unspecified atom stereocenters. The number of nitrogens with one attached hydrogen (secondary N) is 3. The summed E-state index contributed by atoms with van der Waals surface area (Å²) in [5.74, 6) is -1.27. The molecule has 2 heterocycles. The zero-order valence-corrected chi connectivity index (χ0v) is 18.4. The summed E-state index contributed by atoms with van der Waals surface area (Å²) in [5.41, 5.74) is 0. The van der Waals surface area contributed by atoms with Crippen molar-refractivity contribution in [3.8, 4) is 0 Å². The van der Waals surface area contributed by atoms with E-state index in [4.69, 9.17) is 4.74 Å². The highest BCUT2D eigenvalue weighted by atomic mass is 16.5. The van der Waals surface area contributed by atoms with Crippen LogP contribution in [-0.4, -0.2) is 79.3 Å². The topological polar surface area (TPSA) is 137 Å². The van der Waals surface area contributed by atoms with E-state index in [9.17, 15) is 24.3 Å². The van der Waals surface area contributed by atoms with Crippen molar-refractivity contribution >= 4 is 23.9 Å². The molecule has 31 heavy (non-hydrogen) atoms. The van der Waals surface area contributed by atoms with Crippen LogP contribution >= 0.6 is 0 Å². The molecule has 2 fully saturated rings. The lowest BCUT2D eigenvalue weighted by atomic mass is 9.92. The average Bonchev–Trinajstić information content (AvgIpc) is 2.79. The van der Waals surface area contributed by atoms with Crippen LogP contribution in [0.5, 0.6) is 0 Å². The largest absolute Gasteiger partial charge is 0.480 e. The van der Waals surface area contributed by atoms with E-state index in [0.29, 0.717) is 38.3 Å². The summed E-state index contributed by atoms with van der Waals surface area (Å²) < 4.78 is 4.83. The number of likely N-dealkylation sites (tertiary alicyclic amines) is 1. The normalized spacial score (nSPS) is 20.5. The number of piperidine rings is 2. The molecule has 4 N–H and O–H groups in total. The van der Waals surface area contributed by atoms with Gasteiger partial charge in [-0.2, -0.15) is 0 Å².